The summed E-state index contributed by atoms with van der Waals surface area (Å²) in [6.45, 7) is 2.68. The fraction of sp³-hybridized carbons (Fsp3) is 0.500. The molecule has 0 bridgehead atoms. The van der Waals surface area contributed by atoms with Gasteiger partial charge in [-0.3, -0.25) is 4.79 Å². The molecule has 0 amide bonds. The van der Waals surface area contributed by atoms with E-state index in [4.69, 9.17) is 21.1 Å². The quantitative estimate of drug-likeness (QED) is 0.534. The number of carbonyl (C=O) groups is 1. The Kier molecular flexibility index (Phi) is 6.58. The van der Waals surface area contributed by atoms with E-state index in [0.29, 0.717) is 42.4 Å². The van der Waals surface area contributed by atoms with Crippen molar-refractivity contribution in [2.45, 2.75) is 26.2 Å². The van der Waals surface area contributed by atoms with Crippen LogP contribution in [-0.2, 0) is 0 Å². The van der Waals surface area contributed by atoms with Gasteiger partial charge in [0.05, 0.1) is 19.3 Å². The number of methoxy groups -OCH3 is 1. The van der Waals surface area contributed by atoms with Crippen molar-refractivity contribution in [2.24, 2.45) is 0 Å². The fourth-order valence-electron chi connectivity index (χ4n) is 1.58. The first-order valence-electron chi connectivity index (χ1n) is 6.13. The topological polar surface area (TPSA) is 35.5 Å². The maximum atomic E-state index is 12.0. The van der Waals surface area contributed by atoms with E-state index in [2.05, 4.69) is 0 Å². The average molecular weight is 271 g/mol. The second-order valence-electron chi connectivity index (χ2n) is 3.93. The highest BCUT2D eigenvalue weighted by Crippen LogP contribution is 2.25. The summed E-state index contributed by atoms with van der Waals surface area (Å²) in [7, 11) is 1.56. The molecule has 0 saturated carbocycles. The van der Waals surface area contributed by atoms with Gasteiger partial charge in [-0.05, 0) is 31.0 Å². The molecule has 0 aromatic heterocycles. The molecule has 1 rings (SSSR count). The molecule has 0 spiro atoms. The van der Waals surface area contributed by atoms with Crippen LogP contribution in [0.25, 0.3) is 0 Å². The summed E-state index contributed by atoms with van der Waals surface area (Å²) in [6, 6.07) is 5.32. The molecule has 0 radical (unpaired) electrons. The smallest absolute Gasteiger partial charge is 0.166 e. The average Bonchev–Trinajstić information content (AvgIpc) is 2.42. The fourth-order valence-corrected chi connectivity index (χ4v) is 1.71. The number of hydrogen-bond acceptors (Lipinski definition) is 3. The van der Waals surface area contributed by atoms with Gasteiger partial charge >= 0.3 is 0 Å². The summed E-state index contributed by atoms with van der Waals surface area (Å²) in [5.41, 5.74) is 0.566. The molecule has 0 fully saturated rings. The lowest BCUT2D eigenvalue weighted by molar-refractivity contribution is 0.0978. The highest BCUT2D eigenvalue weighted by atomic mass is 35.5. The zero-order chi connectivity index (χ0) is 13.4. The Balaban J connectivity index is 2.87. The first-order valence-corrected chi connectivity index (χ1v) is 6.66. The minimum Gasteiger partial charge on any atom is -0.496 e. The number of carbonyl (C=O) groups excluding carboxylic acids is 1. The second-order valence-corrected chi connectivity index (χ2v) is 4.30. The molecule has 0 unspecified atom stereocenters. The van der Waals surface area contributed by atoms with Crippen molar-refractivity contribution in [1.29, 1.82) is 0 Å². The molecule has 0 aliphatic heterocycles. The summed E-state index contributed by atoms with van der Waals surface area (Å²) < 4.78 is 10.7. The van der Waals surface area contributed by atoms with Gasteiger partial charge in [0.1, 0.15) is 11.5 Å². The van der Waals surface area contributed by atoms with Crippen LogP contribution in [0, 0.1) is 0 Å². The molecule has 0 aliphatic carbocycles. The largest absolute Gasteiger partial charge is 0.496 e. The Morgan fingerprint density at radius 1 is 1.39 bits per heavy atom. The number of Topliss-reactive ketones (excluding diaryl/α,β-unsaturated/α-hetero) is 1. The maximum absolute atomic E-state index is 12.0. The van der Waals surface area contributed by atoms with Crippen LogP contribution in [0.5, 0.6) is 11.5 Å². The van der Waals surface area contributed by atoms with Gasteiger partial charge in [-0.1, -0.05) is 6.92 Å². The minimum atomic E-state index is 0.0365. The molecule has 0 aliphatic rings. The van der Waals surface area contributed by atoms with Crippen LogP contribution in [0.3, 0.4) is 0 Å². The number of ketones is 1. The van der Waals surface area contributed by atoms with Gasteiger partial charge in [0.25, 0.3) is 0 Å². The summed E-state index contributed by atoms with van der Waals surface area (Å²) in [5, 5.41) is 0. The van der Waals surface area contributed by atoms with Crippen LogP contribution in [0.1, 0.15) is 36.5 Å². The van der Waals surface area contributed by atoms with Gasteiger partial charge in [0.2, 0.25) is 0 Å². The van der Waals surface area contributed by atoms with E-state index >= 15 is 0 Å². The third-order valence-electron chi connectivity index (χ3n) is 2.48. The SMILES string of the molecule is CCCOc1ccc(OC)c(C(=O)CCCCl)c1. The van der Waals surface area contributed by atoms with E-state index in [1.54, 1.807) is 19.2 Å². The minimum absolute atomic E-state index is 0.0365. The van der Waals surface area contributed by atoms with E-state index in [0.717, 1.165) is 6.42 Å². The van der Waals surface area contributed by atoms with E-state index < -0.39 is 0 Å². The van der Waals surface area contributed by atoms with Gasteiger partial charge in [-0.15, -0.1) is 11.6 Å². The van der Waals surface area contributed by atoms with Crippen molar-refractivity contribution in [3.8, 4) is 11.5 Å². The number of halogens is 1. The third kappa shape index (κ3) is 4.22. The first kappa shape index (κ1) is 14.8. The van der Waals surface area contributed by atoms with Gasteiger partial charge in [-0.2, -0.15) is 0 Å². The van der Waals surface area contributed by atoms with Crippen molar-refractivity contribution >= 4 is 17.4 Å². The zero-order valence-electron chi connectivity index (χ0n) is 10.9. The molecule has 100 valence electrons. The van der Waals surface area contributed by atoms with Crippen molar-refractivity contribution in [3.63, 3.8) is 0 Å². The zero-order valence-corrected chi connectivity index (χ0v) is 11.6. The lowest BCUT2D eigenvalue weighted by atomic mass is 10.1. The van der Waals surface area contributed by atoms with Crippen LogP contribution < -0.4 is 9.47 Å². The second kappa shape index (κ2) is 7.98. The van der Waals surface area contributed by atoms with Crippen LogP contribution in [-0.4, -0.2) is 25.4 Å². The molecular weight excluding hydrogens is 252 g/mol. The molecule has 0 atom stereocenters. The van der Waals surface area contributed by atoms with Crippen molar-refractivity contribution in [1.82, 2.24) is 0 Å². The molecule has 0 N–H and O–H groups in total. The van der Waals surface area contributed by atoms with Crippen LogP contribution >= 0.6 is 11.6 Å². The Morgan fingerprint density at radius 2 is 2.17 bits per heavy atom. The standard InChI is InChI=1S/C14H19ClO3/c1-3-9-18-11-6-7-14(17-2)12(10-11)13(16)5-4-8-15/h6-7,10H,3-5,8-9H2,1-2H3. The molecule has 4 heteroatoms. The molecule has 18 heavy (non-hydrogen) atoms. The summed E-state index contributed by atoms with van der Waals surface area (Å²) in [4.78, 5) is 12.0. The third-order valence-corrected chi connectivity index (χ3v) is 2.75. The highest BCUT2D eigenvalue weighted by Gasteiger charge is 2.13. The number of benzene rings is 1. The first-order chi connectivity index (χ1) is 8.72. The molecule has 0 heterocycles. The van der Waals surface area contributed by atoms with Crippen LogP contribution in [0.4, 0.5) is 0 Å². The number of hydrogen-bond donors (Lipinski definition) is 0. The lowest BCUT2D eigenvalue weighted by Gasteiger charge is -2.10. The molecule has 1 aromatic rings. The number of alkyl halides is 1. The van der Waals surface area contributed by atoms with E-state index in [-0.39, 0.29) is 5.78 Å². The monoisotopic (exact) mass is 270 g/mol. The highest BCUT2D eigenvalue weighted by molar-refractivity contribution is 6.18. The van der Waals surface area contributed by atoms with Gasteiger partial charge in [0, 0.05) is 12.3 Å². The molecule has 0 saturated heterocycles. The number of ether oxygens (including phenoxy) is 2. The van der Waals surface area contributed by atoms with E-state index in [1.807, 2.05) is 13.0 Å². The Labute approximate surface area is 113 Å². The Bertz CT molecular complexity index is 391. The maximum Gasteiger partial charge on any atom is 0.166 e. The van der Waals surface area contributed by atoms with Crippen LogP contribution in [0.15, 0.2) is 18.2 Å². The summed E-state index contributed by atoms with van der Waals surface area (Å²) >= 11 is 5.60. The lowest BCUT2D eigenvalue weighted by Crippen LogP contribution is -2.04. The predicted molar refractivity (Wildman–Crippen MR) is 73.1 cm³/mol. The van der Waals surface area contributed by atoms with Gasteiger partial charge < -0.3 is 9.47 Å². The van der Waals surface area contributed by atoms with E-state index in [1.165, 1.54) is 0 Å². The van der Waals surface area contributed by atoms with Crippen LogP contribution in [0.2, 0.25) is 0 Å². The van der Waals surface area contributed by atoms with Crippen molar-refractivity contribution < 1.29 is 14.3 Å². The molecule has 3 nitrogen and oxygen atoms in total. The normalized spacial score (nSPS) is 10.2. The van der Waals surface area contributed by atoms with Gasteiger partial charge in [-0.25, -0.2) is 0 Å². The van der Waals surface area contributed by atoms with E-state index in [9.17, 15) is 4.79 Å². The molecule has 1 aromatic carbocycles. The van der Waals surface area contributed by atoms with Crippen molar-refractivity contribution in [3.05, 3.63) is 23.8 Å². The Hall–Kier alpha value is -1.22. The molecular formula is C14H19ClO3. The number of rotatable bonds is 8. The summed E-state index contributed by atoms with van der Waals surface area (Å²) in [5.74, 6) is 1.81. The van der Waals surface area contributed by atoms with Crippen molar-refractivity contribution in [2.75, 3.05) is 19.6 Å². The Morgan fingerprint density at radius 3 is 2.78 bits per heavy atom. The summed E-state index contributed by atoms with van der Waals surface area (Å²) in [6.07, 6.45) is 2.03. The predicted octanol–water partition coefficient (Wildman–Crippen LogP) is 3.69. The van der Waals surface area contributed by atoms with Gasteiger partial charge in [0.15, 0.2) is 5.78 Å².